The van der Waals surface area contributed by atoms with Gasteiger partial charge in [0.25, 0.3) is 10.0 Å². The van der Waals surface area contributed by atoms with E-state index in [0.29, 0.717) is 16.6 Å². The van der Waals surface area contributed by atoms with Gasteiger partial charge in [-0.05, 0) is 23.1 Å². The number of thioether (sulfide) groups is 1. The van der Waals surface area contributed by atoms with Gasteiger partial charge in [0.1, 0.15) is 4.90 Å². The number of anilines is 1. The summed E-state index contributed by atoms with van der Waals surface area (Å²) in [7, 11) is -3.68. The topological polar surface area (TPSA) is 78.8 Å². The largest absolute Gasteiger partial charge is 0.396 e. The number of fused-ring (bicyclic) bond motifs is 1. The molecule has 1 aromatic rings. The molecule has 20 heavy (non-hydrogen) atoms. The van der Waals surface area contributed by atoms with E-state index in [1.54, 1.807) is 12.1 Å². The van der Waals surface area contributed by atoms with Crippen molar-refractivity contribution in [1.82, 2.24) is 0 Å². The van der Waals surface area contributed by atoms with Crippen molar-refractivity contribution in [2.45, 2.75) is 31.1 Å². The molecule has 0 amide bonds. The molecule has 0 aromatic heterocycles. The molecule has 2 rings (SSSR count). The number of hydrogen-bond donors (Lipinski definition) is 2. The number of aliphatic hydroxyl groups is 1. The van der Waals surface area contributed by atoms with Crippen LogP contribution in [0.1, 0.15) is 26.3 Å². The van der Waals surface area contributed by atoms with Gasteiger partial charge < -0.3 is 10.4 Å². The molecule has 0 atom stereocenters. The van der Waals surface area contributed by atoms with Gasteiger partial charge in [0.05, 0.1) is 12.3 Å². The van der Waals surface area contributed by atoms with E-state index in [0.717, 1.165) is 5.56 Å². The van der Waals surface area contributed by atoms with Gasteiger partial charge in [-0.1, -0.05) is 38.6 Å². The first-order chi connectivity index (χ1) is 9.24. The van der Waals surface area contributed by atoms with Crippen LogP contribution in [0.15, 0.2) is 27.5 Å². The minimum atomic E-state index is -3.68. The van der Waals surface area contributed by atoms with Gasteiger partial charge in [-0.25, -0.2) is 0 Å². The second kappa shape index (κ2) is 5.38. The van der Waals surface area contributed by atoms with Crippen LogP contribution in [0.4, 0.5) is 5.69 Å². The highest BCUT2D eigenvalue weighted by atomic mass is 32.2. The van der Waals surface area contributed by atoms with Crippen LogP contribution in [-0.4, -0.2) is 31.1 Å². The summed E-state index contributed by atoms with van der Waals surface area (Å²) >= 11 is 1.18. The Balaban J connectivity index is 2.43. The monoisotopic (exact) mass is 314 g/mol. The minimum absolute atomic E-state index is 0.0266. The lowest BCUT2D eigenvalue weighted by Gasteiger charge is -2.23. The van der Waals surface area contributed by atoms with Crippen LogP contribution in [-0.2, 0) is 15.4 Å². The maximum Gasteiger partial charge on any atom is 0.286 e. The standard InChI is InChI=1S/C13H18N2O3S2/c1-13(2,3)9-4-5-10-11(8-9)20(17,18)15-12(14-10)19-7-6-16/h4-5,8,16H,6-7H2,1-3H3,(H,14,15). The summed E-state index contributed by atoms with van der Waals surface area (Å²) in [6.45, 7) is 6.07. The molecule has 0 aliphatic carbocycles. The Bertz CT molecular complexity index is 646. The molecule has 0 unspecified atom stereocenters. The summed E-state index contributed by atoms with van der Waals surface area (Å²) in [5.41, 5.74) is 1.36. The van der Waals surface area contributed by atoms with Crippen molar-refractivity contribution in [2.75, 3.05) is 17.7 Å². The van der Waals surface area contributed by atoms with Gasteiger partial charge in [-0.15, -0.1) is 4.40 Å². The van der Waals surface area contributed by atoms with Crippen LogP contribution in [0, 0.1) is 0 Å². The van der Waals surface area contributed by atoms with Crippen LogP contribution in [0.3, 0.4) is 0 Å². The SMILES string of the molecule is CC(C)(C)c1ccc2c(c1)S(=O)(=O)N=C(SCCO)N2. The van der Waals surface area contributed by atoms with Gasteiger partial charge >= 0.3 is 0 Å². The highest BCUT2D eigenvalue weighted by Gasteiger charge is 2.27. The fraction of sp³-hybridized carbons (Fsp3) is 0.462. The van der Waals surface area contributed by atoms with Gasteiger partial charge in [0, 0.05) is 5.75 Å². The molecule has 0 saturated heterocycles. The Morgan fingerprint density at radius 1 is 1.35 bits per heavy atom. The molecular formula is C13H18N2O3S2. The number of hydrogen-bond acceptors (Lipinski definition) is 5. The quantitative estimate of drug-likeness (QED) is 0.875. The maximum atomic E-state index is 12.2. The van der Waals surface area contributed by atoms with Crippen molar-refractivity contribution < 1.29 is 13.5 Å². The van der Waals surface area contributed by atoms with Crippen molar-refractivity contribution in [2.24, 2.45) is 4.40 Å². The first-order valence-electron chi connectivity index (χ1n) is 6.24. The van der Waals surface area contributed by atoms with E-state index in [4.69, 9.17) is 5.11 Å². The molecule has 2 N–H and O–H groups in total. The minimum Gasteiger partial charge on any atom is -0.396 e. The summed E-state index contributed by atoms with van der Waals surface area (Å²) < 4.78 is 28.2. The Morgan fingerprint density at radius 3 is 2.65 bits per heavy atom. The van der Waals surface area contributed by atoms with E-state index in [9.17, 15) is 8.42 Å². The zero-order valence-electron chi connectivity index (χ0n) is 11.7. The molecule has 1 aromatic carbocycles. The van der Waals surface area contributed by atoms with Gasteiger partial charge in [-0.3, -0.25) is 0 Å². The molecule has 0 fully saturated rings. The first-order valence-corrected chi connectivity index (χ1v) is 8.67. The fourth-order valence-electron chi connectivity index (χ4n) is 1.81. The number of nitrogens with zero attached hydrogens (tertiary/aromatic N) is 1. The fourth-order valence-corrected chi connectivity index (χ4v) is 3.81. The van der Waals surface area contributed by atoms with Crippen LogP contribution < -0.4 is 5.32 Å². The van der Waals surface area contributed by atoms with E-state index in [1.165, 1.54) is 11.8 Å². The number of aliphatic hydroxyl groups excluding tert-OH is 1. The summed E-state index contributed by atoms with van der Waals surface area (Å²) in [6, 6.07) is 5.36. The van der Waals surface area contributed by atoms with Gasteiger partial charge in [0.2, 0.25) is 0 Å². The summed E-state index contributed by atoms with van der Waals surface area (Å²) in [5.74, 6) is 0.400. The zero-order valence-corrected chi connectivity index (χ0v) is 13.3. The van der Waals surface area contributed by atoms with Crippen LogP contribution in [0.5, 0.6) is 0 Å². The second-order valence-electron chi connectivity index (χ2n) is 5.53. The number of amidine groups is 1. The lowest BCUT2D eigenvalue weighted by Crippen LogP contribution is -2.21. The number of sulfonamides is 1. The maximum absolute atomic E-state index is 12.2. The smallest absolute Gasteiger partial charge is 0.286 e. The van der Waals surface area contributed by atoms with Crippen LogP contribution in [0.25, 0.3) is 0 Å². The average molecular weight is 314 g/mol. The molecule has 0 spiro atoms. The van der Waals surface area contributed by atoms with Crippen molar-refractivity contribution in [1.29, 1.82) is 0 Å². The third kappa shape index (κ3) is 3.16. The number of rotatable bonds is 2. The molecule has 5 nitrogen and oxygen atoms in total. The van der Waals surface area contributed by atoms with Crippen LogP contribution >= 0.6 is 11.8 Å². The van der Waals surface area contributed by atoms with E-state index >= 15 is 0 Å². The molecule has 0 saturated carbocycles. The highest BCUT2D eigenvalue weighted by Crippen LogP contribution is 2.33. The van der Waals surface area contributed by atoms with Crippen LogP contribution in [0.2, 0.25) is 0 Å². The lowest BCUT2D eigenvalue weighted by molar-refractivity contribution is 0.323. The molecule has 1 aliphatic heterocycles. The Morgan fingerprint density at radius 2 is 2.05 bits per heavy atom. The van der Waals surface area contributed by atoms with Crippen molar-refractivity contribution >= 4 is 32.6 Å². The molecular weight excluding hydrogens is 296 g/mol. The molecule has 110 valence electrons. The Kier molecular flexibility index (Phi) is 4.13. The number of benzene rings is 1. The summed E-state index contributed by atoms with van der Waals surface area (Å²) in [4.78, 5) is 0.207. The van der Waals surface area contributed by atoms with E-state index in [-0.39, 0.29) is 16.9 Å². The lowest BCUT2D eigenvalue weighted by atomic mass is 9.87. The zero-order chi connectivity index (χ0) is 15.0. The first kappa shape index (κ1) is 15.3. The Hall–Kier alpha value is -1.05. The summed E-state index contributed by atoms with van der Waals surface area (Å²) in [6.07, 6.45) is 0. The number of nitrogens with one attached hydrogen (secondary N) is 1. The average Bonchev–Trinajstić information content (AvgIpc) is 2.34. The van der Waals surface area contributed by atoms with E-state index < -0.39 is 10.0 Å². The van der Waals surface area contributed by atoms with E-state index in [2.05, 4.69) is 9.71 Å². The summed E-state index contributed by atoms with van der Waals surface area (Å²) in [5, 5.41) is 12.1. The molecule has 1 aliphatic rings. The molecule has 0 bridgehead atoms. The third-order valence-corrected chi connectivity index (χ3v) is 5.19. The predicted octanol–water partition coefficient (Wildman–Crippen LogP) is 2.18. The predicted molar refractivity (Wildman–Crippen MR) is 82.9 cm³/mol. The normalized spacial score (nSPS) is 17.1. The van der Waals surface area contributed by atoms with Gasteiger partial charge in [-0.2, -0.15) is 8.42 Å². The second-order valence-corrected chi connectivity index (χ2v) is 8.19. The van der Waals surface area contributed by atoms with E-state index in [1.807, 2.05) is 26.8 Å². The molecule has 7 heteroatoms. The van der Waals surface area contributed by atoms with Gasteiger partial charge in [0.15, 0.2) is 5.17 Å². The van der Waals surface area contributed by atoms with Crippen molar-refractivity contribution in [3.8, 4) is 0 Å². The van der Waals surface area contributed by atoms with Crippen molar-refractivity contribution in [3.63, 3.8) is 0 Å². The Labute approximate surface area is 123 Å². The van der Waals surface area contributed by atoms with Crippen molar-refractivity contribution in [3.05, 3.63) is 23.8 Å². The highest BCUT2D eigenvalue weighted by molar-refractivity contribution is 8.14. The molecule has 1 heterocycles. The third-order valence-electron chi connectivity index (χ3n) is 2.90. The molecule has 0 radical (unpaired) electrons.